The number of thiophene rings is 1. The second kappa shape index (κ2) is 5.75. The van der Waals surface area contributed by atoms with Gasteiger partial charge in [-0.25, -0.2) is 10.8 Å². The minimum Gasteiger partial charge on any atom is -0.438 e. The van der Waals surface area contributed by atoms with E-state index in [9.17, 15) is 0 Å². The highest BCUT2D eigenvalue weighted by Gasteiger charge is 2.10. The summed E-state index contributed by atoms with van der Waals surface area (Å²) in [5.41, 5.74) is 3.37. The number of anilines is 1. The standard InChI is InChI=1S/C14H11N5OS/c15-7-5-9-1-3-10(4-2-9)20-12-11-6-8-21-13(11)18-14(17-12)19-16/h1-4,6,8H,5,16H2,(H,17,18,19). The summed E-state index contributed by atoms with van der Waals surface area (Å²) < 4.78 is 5.80. The van der Waals surface area contributed by atoms with Crippen LogP contribution < -0.4 is 16.0 Å². The smallest absolute Gasteiger partial charge is 0.241 e. The molecule has 1 aromatic carbocycles. The molecule has 21 heavy (non-hydrogen) atoms. The topological polar surface area (TPSA) is 96.8 Å². The molecule has 0 unspecified atom stereocenters. The van der Waals surface area contributed by atoms with E-state index in [1.54, 1.807) is 0 Å². The average Bonchev–Trinajstić information content (AvgIpc) is 2.98. The number of ether oxygens (including phenoxy) is 1. The van der Waals surface area contributed by atoms with Gasteiger partial charge in [0.05, 0.1) is 17.9 Å². The van der Waals surface area contributed by atoms with E-state index in [-0.39, 0.29) is 0 Å². The molecule has 3 aromatic rings. The van der Waals surface area contributed by atoms with Crippen molar-refractivity contribution in [3.63, 3.8) is 0 Å². The quantitative estimate of drug-likeness (QED) is 0.567. The second-order valence-corrected chi connectivity index (χ2v) is 5.11. The van der Waals surface area contributed by atoms with Gasteiger partial charge in [0.15, 0.2) is 0 Å². The van der Waals surface area contributed by atoms with E-state index in [4.69, 9.17) is 15.8 Å². The van der Waals surface area contributed by atoms with Gasteiger partial charge in [-0.2, -0.15) is 10.2 Å². The van der Waals surface area contributed by atoms with Gasteiger partial charge in [0.25, 0.3) is 0 Å². The fourth-order valence-corrected chi connectivity index (χ4v) is 2.60. The van der Waals surface area contributed by atoms with Crippen LogP contribution in [0.15, 0.2) is 35.7 Å². The molecule has 0 spiro atoms. The number of benzene rings is 1. The molecule has 0 bridgehead atoms. The minimum absolute atomic E-state index is 0.307. The van der Waals surface area contributed by atoms with Crippen molar-refractivity contribution in [2.45, 2.75) is 6.42 Å². The SMILES string of the molecule is N#CCc1ccc(Oc2nc(NN)nc3sccc23)cc1. The Labute approximate surface area is 124 Å². The Bertz CT molecular complexity index is 806. The molecule has 2 heterocycles. The Balaban J connectivity index is 1.93. The highest BCUT2D eigenvalue weighted by atomic mass is 32.1. The van der Waals surface area contributed by atoms with Crippen molar-refractivity contribution in [3.05, 3.63) is 41.3 Å². The van der Waals surface area contributed by atoms with Crippen LogP contribution in [-0.2, 0) is 6.42 Å². The molecule has 0 saturated carbocycles. The molecule has 6 nitrogen and oxygen atoms in total. The van der Waals surface area contributed by atoms with E-state index in [1.807, 2.05) is 35.7 Å². The van der Waals surface area contributed by atoms with Gasteiger partial charge in [0.2, 0.25) is 11.8 Å². The largest absolute Gasteiger partial charge is 0.438 e. The zero-order chi connectivity index (χ0) is 14.7. The molecule has 3 N–H and O–H groups in total. The molecule has 7 heteroatoms. The predicted octanol–water partition coefficient (Wildman–Crippen LogP) is 2.84. The van der Waals surface area contributed by atoms with E-state index in [1.165, 1.54) is 11.3 Å². The third-order valence-electron chi connectivity index (χ3n) is 2.84. The van der Waals surface area contributed by atoms with Crippen LogP contribution in [0.3, 0.4) is 0 Å². The zero-order valence-electron chi connectivity index (χ0n) is 10.9. The van der Waals surface area contributed by atoms with E-state index in [2.05, 4.69) is 21.5 Å². The van der Waals surface area contributed by atoms with Crippen molar-refractivity contribution in [2.75, 3.05) is 5.43 Å². The fourth-order valence-electron chi connectivity index (χ4n) is 1.85. The predicted molar refractivity (Wildman–Crippen MR) is 81.1 cm³/mol. The number of hydrazine groups is 1. The van der Waals surface area contributed by atoms with Gasteiger partial charge in [-0.05, 0) is 29.1 Å². The molecule has 0 amide bonds. The molecule has 0 atom stereocenters. The Hall–Kier alpha value is -2.69. The average molecular weight is 297 g/mol. The lowest BCUT2D eigenvalue weighted by Crippen LogP contribution is -2.10. The van der Waals surface area contributed by atoms with E-state index < -0.39 is 0 Å². The summed E-state index contributed by atoms with van der Waals surface area (Å²) in [6.07, 6.45) is 0.379. The lowest BCUT2D eigenvalue weighted by molar-refractivity contribution is 0.469. The van der Waals surface area contributed by atoms with Crippen molar-refractivity contribution in [1.29, 1.82) is 5.26 Å². The van der Waals surface area contributed by atoms with Crippen LogP contribution in [0.25, 0.3) is 10.2 Å². The van der Waals surface area contributed by atoms with Crippen LogP contribution in [0.5, 0.6) is 11.6 Å². The maximum absolute atomic E-state index is 8.66. The van der Waals surface area contributed by atoms with Gasteiger partial charge in [0.1, 0.15) is 10.6 Å². The van der Waals surface area contributed by atoms with Gasteiger partial charge < -0.3 is 4.74 Å². The van der Waals surface area contributed by atoms with Gasteiger partial charge in [-0.15, -0.1) is 11.3 Å². The molecule has 0 radical (unpaired) electrons. The van der Waals surface area contributed by atoms with Crippen LogP contribution in [0, 0.1) is 11.3 Å². The van der Waals surface area contributed by atoms with E-state index >= 15 is 0 Å². The summed E-state index contributed by atoms with van der Waals surface area (Å²) in [7, 11) is 0. The molecule has 3 rings (SSSR count). The molecule has 2 aromatic heterocycles. The lowest BCUT2D eigenvalue weighted by Gasteiger charge is -2.08. The van der Waals surface area contributed by atoms with Crippen LogP contribution in [0.2, 0.25) is 0 Å². The first-order valence-electron chi connectivity index (χ1n) is 6.16. The highest BCUT2D eigenvalue weighted by Crippen LogP contribution is 2.31. The van der Waals surface area contributed by atoms with Crippen molar-refractivity contribution in [1.82, 2.24) is 9.97 Å². The number of hydrogen-bond donors (Lipinski definition) is 2. The summed E-state index contributed by atoms with van der Waals surface area (Å²) in [4.78, 5) is 9.28. The number of aromatic nitrogens is 2. The van der Waals surface area contributed by atoms with Gasteiger partial charge in [-0.1, -0.05) is 12.1 Å². The number of nitrogens with two attached hydrogens (primary N) is 1. The van der Waals surface area contributed by atoms with Gasteiger partial charge in [-0.3, -0.25) is 5.43 Å². The molecule has 0 fully saturated rings. The van der Waals surface area contributed by atoms with Crippen LogP contribution in [0.4, 0.5) is 5.95 Å². The monoisotopic (exact) mass is 297 g/mol. The lowest BCUT2D eigenvalue weighted by atomic mass is 10.2. The number of hydrogen-bond acceptors (Lipinski definition) is 7. The van der Waals surface area contributed by atoms with E-state index in [0.29, 0.717) is 24.0 Å². The molecule has 0 saturated heterocycles. The van der Waals surface area contributed by atoms with Crippen LogP contribution >= 0.6 is 11.3 Å². The third kappa shape index (κ3) is 2.76. The normalized spacial score (nSPS) is 10.3. The van der Waals surface area contributed by atoms with Crippen LogP contribution in [0.1, 0.15) is 5.56 Å². The maximum atomic E-state index is 8.66. The number of nitrogens with zero attached hydrogens (tertiary/aromatic N) is 3. The molecular weight excluding hydrogens is 286 g/mol. The molecule has 104 valence electrons. The molecule has 0 aliphatic rings. The zero-order valence-corrected chi connectivity index (χ0v) is 11.7. The van der Waals surface area contributed by atoms with Crippen molar-refractivity contribution in [2.24, 2.45) is 5.84 Å². The number of rotatable bonds is 4. The van der Waals surface area contributed by atoms with E-state index in [0.717, 1.165) is 15.8 Å². The molecular formula is C14H11N5OS. The van der Waals surface area contributed by atoms with Gasteiger partial charge >= 0.3 is 0 Å². The Morgan fingerprint density at radius 1 is 1.24 bits per heavy atom. The number of nitrogens with one attached hydrogen (secondary N) is 1. The number of nitriles is 1. The first-order chi connectivity index (χ1) is 10.3. The fraction of sp³-hybridized carbons (Fsp3) is 0.0714. The maximum Gasteiger partial charge on any atom is 0.241 e. The highest BCUT2D eigenvalue weighted by molar-refractivity contribution is 7.16. The van der Waals surface area contributed by atoms with Crippen molar-refractivity contribution >= 4 is 27.5 Å². The minimum atomic E-state index is 0.307. The van der Waals surface area contributed by atoms with Crippen LogP contribution in [-0.4, -0.2) is 9.97 Å². The van der Waals surface area contributed by atoms with Gasteiger partial charge in [0, 0.05) is 0 Å². The Kier molecular flexibility index (Phi) is 3.64. The summed E-state index contributed by atoms with van der Waals surface area (Å²) in [6.45, 7) is 0. The molecule has 0 aliphatic carbocycles. The Morgan fingerprint density at radius 2 is 2.05 bits per heavy atom. The third-order valence-corrected chi connectivity index (χ3v) is 3.65. The first kappa shape index (κ1) is 13.3. The number of nitrogen functional groups attached to an aromatic ring is 1. The summed E-state index contributed by atoms with van der Waals surface area (Å²) in [5, 5.41) is 11.4. The van der Waals surface area contributed by atoms with Crippen molar-refractivity contribution < 1.29 is 4.74 Å². The first-order valence-corrected chi connectivity index (χ1v) is 7.03. The Morgan fingerprint density at radius 3 is 2.76 bits per heavy atom. The second-order valence-electron chi connectivity index (χ2n) is 4.22. The van der Waals surface area contributed by atoms with Crippen molar-refractivity contribution in [3.8, 4) is 17.7 Å². The molecule has 0 aliphatic heterocycles. The summed E-state index contributed by atoms with van der Waals surface area (Å²) in [6, 6.07) is 11.3. The summed E-state index contributed by atoms with van der Waals surface area (Å²) >= 11 is 1.49. The summed E-state index contributed by atoms with van der Waals surface area (Å²) in [5.74, 6) is 6.77. The number of fused-ring (bicyclic) bond motifs is 1.